The summed E-state index contributed by atoms with van der Waals surface area (Å²) in [5, 5.41) is 13.7. The standard InChI is InChI=1S/C20H18F3N5O3/c1-13-25-26-27-28(13)17(11-14-6-5-8-16(10-14)30-2)19(29)24-12-15-7-3-4-9-18(15)31-20(21,22)23/h3-11H,12H2,1-2H3,(H,24,29)/b17-11-. The molecule has 1 heterocycles. The van der Waals surface area contributed by atoms with Crippen molar-refractivity contribution in [1.29, 1.82) is 0 Å². The van der Waals surface area contributed by atoms with Gasteiger partial charge in [0.2, 0.25) is 0 Å². The molecule has 1 aromatic heterocycles. The van der Waals surface area contributed by atoms with Gasteiger partial charge in [-0.15, -0.1) is 18.3 Å². The van der Waals surface area contributed by atoms with Crippen LogP contribution in [-0.4, -0.2) is 39.6 Å². The predicted octanol–water partition coefficient (Wildman–Crippen LogP) is 3.20. The van der Waals surface area contributed by atoms with Crippen LogP contribution in [0.15, 0.2) is 48.5 Å². The van der Waals surface area contributed by atoms with E-state index in [0.717, 1.165) is 0 Å². The van der Waals surface area contributed by atoms with Crippen LogP contribution in [0, 0.1) is 6.92 Å². The molecule has 8 nitrogen and oxygen atoms in total. The van der Waals surface area contributed by atoms with Gasteiger partial charge in [0.05, 0.1) is 7.11 Å². The predicted molar refractivity (Wildman–Crippen MR) is 105 cm³/mol. The van der Waals surface area contributed by atoms with Gasteiger partial charge in [-0.3, -0.25) is 4.79 Å². The second-order valence-corrected chi connectivity index (χ2v) is 6.28. The lowest BCUT2D eigenvalue weighted by atomic mass is 10.1. The SMILES string of the molecule is COc1cccc(/C=C(/C(=O)NCc2ccccc2OC(F)(F)F)n2nnnc2C)c1. The zero-order chi connectivity index (χ0) is 22.4. The van der Waals surface area contributed by atoms with Crippen LogP contribution in [0.1, 0.15) is 17.0 Å². The number of halogens is 3. The van der Waals surface area contributed by atoms with Gasteiger partial charge in [0.1, 0.15) is 17.2 Å². The molecule has 0 atom stereocenters. The molecule has 1 N–H and O–H groups in total. The molecule has 0 spiro atoms. The van der Waals surface area contributed by atoms with Gasteiger partial charge in [-0.1, -0.05) is 30.3 Å². The normalized spacial score (nSPS) is 11.8. The minimum atomic E-state index is -4.85. The van der Waals surface area contributed by atoms with Crippen molar-refractivity contribution in [3.63, 3.8) is 0 Å². The van der Waals surface area contributed by atoms with Crippen LogP contribution in [0.3, 0.4) is 0 Å². The molecule has 31 heavy (non-hydrogen) atoms. The summed E-state index contributed by atoms with van der Waals surface area (Å²) in [5.74, 6) is -0.0578. The van der Waals surface area contributed by atoms with E-state index in [1.54, 1.807) is 43.3 Å². The van der Waals surface area contributed by atoms with Gasteiger partial charge in [-0.2, -0.15) is 4.68 Å². The zero-order valence-corrected chi connectivity index (χ0v) is 16.6. The zero-order valence-electron chi connectivity index (χ0n) is 16.6. The molecule has 0 unspecified atom stereocenters. The maximum Gasteiger partial charge on any atom is 0.573 e. The quantitative estimate of drug-likeness (QED) is 0.576. The fraction of sp³-hybridized carbons (Fsp3) is 0.200. The van der Waals surface area contributed by atoms with Crippen molar-refractivity contribution in [1.82, 2.24) is 25.5 Å². The summed E-state index contributed by atoms with van der Waals surface area (Å²) in [4.78, 5) is 12.9. The number of amides is 1. The lowest BCUT2D eigenvalue weighted by molar-refractivity contribution is -0.274. The number of tetrazole rings is 1. The minimum absolute atomic E-state index is 0.0740. The summed E-state index contributed by atoms with van der Waals surface area (Å²) in [7, 11) is 1.52. The van der Waals surface area contributed by atoms with Gasteiger partial charge < -0.3 is 14.8 Å². The third-order valence-electron chi connectivity index (χ3n) is 4.12. The first-order valence-corrected chi connectivity index (χ1v) is 9.00. The van der Waals surface area contributed by atoms with E-state index in [1.807, 2.05) is 0 Å². The van der Waals surface area contributed by atoms with E-state index >= 15 is 0 Å². The third kappa shape index (κ3) is 5.81. The second kappa shape index (κ2) is 9.28. The van der Waals surface area contributed by atoms with Crippen LogP contribution in [0.2, 0.25) is 0 Å². The van der Waals surface area contributed by atoms with Crippen molar-refractivity contribution >= 4 is 17.7 Å². The average molecular weight is 433 g/mol. The number of carbonyl (C=O) groups excluding carboxylic acids is 1. The number of alkyl halides is 3. The Morgan fingerprint density at radius 1 is 1.19 bits per heavy atom. The molecular formula is C20H18F3N5O3. The van der Waals surface area contributed by atoms with Crippen molar-refractivity contribution < 1.29 is 27.4 Å². The third-order valence-corrected chi connectivity index (χ3v) is 4.12. The van der Waals surface area contributed by atoms with Gasteiger partial charge in [0, 0.05) is 12.1 Å². The number of nitrogens with one attached hydrogen (secondary N) is 1. The van der Waals surface area contributed by atoms with E-state index in [0.29, 0.717) is 17.1 Å². The van der Waals surface area contributed by atoms with E-state index in [9.17, 15) is 18.0 Å². The van der Waals surface area contributed by atoms with Gasteiger partial charge in [0.25, 0.3) is 5.91 Å². The number of hydrogen-bond donors (Lipinski definition) is 1. The topological polar surface area (TPSA) is 91.2 Å². The Morgan fingerprint density at radius 2 is 1.97 bits per heavy atom. The molecule has 0 aliphatic carbocycles. The number of methoxy groups -OCH3 is 1. The van der Waals surface area contributed by atoms with Crippen LogP contribution in [0.5, 0.6) is 11.5 Å². The molecule has 1 amide bonds. The average Bonchev–Trinajstić information content (AvgIpc) is 3.15. The maximum absolute atomic E-state index is 12.9. The highest BCUT2D eigenvalue weighted by molar-refractivity contribution is 6.18. The van der Waals surface area contributed by atoms with E-state index < -0.39 is 18.0 Å². The van der Waals surface area contributed by atoms with Crippen molar-refractivity contribution in [3.05, 3.63) is 65.5 Å². The Morgan fingerprint density at radius 3 is 2.65 bits per heavy atom. The number of para-hydroxylation sites is 1. The summed E-state index contributed by atoms with van der Waals surface area (Å²) in [6, 6.07) is 12.5. The number of benzene rings is 2. The van der Waals surface area contributed by atoms with Gasteiger partial charge in [-0.05, 0) is 47.2 Å². The number of aryl methyl sites for hydroxylation is 1. The number of hydrogen-bond acceptors (Lipinski definition) is 6. The Bertz CT molecular complexity index is 1100. The van der Waals surface area contributed by atoms with Crippen LogP contribution >= 0.6 is 0 Å². The lowest BCUT2D eigenvalue weighted by Crippen LogP contribution is -2.28. The Hall–Kier alpha value is -3.89. The molecule has 0 fully saturated rings. The van der Waals surface area contributed by atoms with Crippen molar-refractivity contribution in [3.8, 4) is 11.5 Å². The Labute approximate surface area is 175 Å². The van der Waals surface area contributed by atoms with Crippen molar-refractivity contribution in [2.24, 2.45) is 0 Å². The first-order chi connectivity index (χ1) is 14.8. The molecular weight excluding hydrogens is 415 g/mol. The molecule has 11 heteroatoms. The monoisotopic (exact) mass is 433 g/mol. The minimum Gasteiger partial charge on any atom is -0.497 e. The van der Waals surface area contributed by atoms with E-state index in [1.165, 1.54) is 30.0 Å². The molecule has 3 rings (SSSR count). The number of carbonyl (C=O) groups is 1. The van der Waals surface area contributed by atoms with Crippen LogP contribution < -0.4 is 14.8 Å². The van der Waals surface area contributed by atoms with Gasteiger partial charge >= 0.3 is 6.36 Å². The summed E-state index contributed by atoms with van der Waals surface area (Å²) in [5.41, 5.74) is 0.868. The Kier molecular flexibility index (Phi) is 6.53. The number of ether oxygens (including phenoxy) is 2. The highest BCUT2D eigenvalue weighted by Gasteiger charge is 2.32. The molecule has 0 aliphatic rings. The van der Waals surface area contributed by atoms with Crippen molar-refractivity contribution in [2.45, 2.75) is 19.8 Å². The largest absolute Gasteiger partial charge is 0.573 e. The fourth-order valence-electron chi connectivity index (χ4n) is 2.71. The van der Waals surface area contributed by atoms with Gasteiger partial charge in [-0.25, -0.2) is 0 Å². The summed E-state index contributed by atoms with van der Waals surface area (Å²) < 4.78 is 48.3. The highest BCUT2D eigenvalue weighted by atomic mass is 19.4. The fourth-order valence-corrected chi connectivity index (χ4v) is 2.71. The Balaban J connectivity index is 1.87. The highest BCUT2D eigenvalue weighted by Crippen LogP contribution is 2.26. The summed E-state index contributed by atoms with van der Waals surface area (Å²) in [6.07, 6.45) is -3.31. The molecule has 0 aliphatic heterocycles. The lowest BCUT2D eigenvalue weighted by Gasteiger charge is -2.14. The molecule has 0 saturated heterocycles. The van der Waals surface area contributed by atoms with E-state index in [4.69, 9.17) is 4.74 Å². The van der Waals surface area contributed by atoms with Gasteiger partial charge in [0.15, 0.2) is 5.82 Å². The number of nitrogens with zero attached hydrogens (tertiary/aromatic N) is 4. The van der Waals surface area contributed by atoms with E-state index in [2.05, 4.69) is 25.6 Å². The maximum atomic E-state index is 12.9. The molecule has 0 saturated carbocycles. The second-order valence-electron chi connectivity index (χ2n) is 6.28. The van der Waals surface area contributed by atoms with E-state index in [-0.39, 0.29) is 17.8 Å². The molecule has 2 aromatic carbocycles. The summed E-state index contributed by atoms with van der Waals surface area (Å²) in [6.45, 7) is 1.40. The number of rotatable bonds is 7. The smallest absolute Gasteiger partial charge is 0.497 e. The molecule has 0 radical (unpaired) electrons. The summed E-state index contributed by atoms with van der Waals surface area (Å²) >= 11 is 0. The van der Waals surface area contributed by atoms with Crippen LogP contribution in [-0.2, 0) is 11.3 Å². The molecule has 0 bridgehead atoms. The first kappa shape index (κ1) is 21.8. The van der Waals surface area contributed by atoms with Crippen molar-refractivity contribution in [2.75, 3.05) is 7.11 Å². The number of aromatic nitrogens is 4. The first-order valence-electron chi connectivity index (χ1n) is 9.00. The molecule has 162 valence electrons. The van der Waals surface area contributed by atoms with Crippen LogP contribution in [0.4, 0.5) is 13.2 Å². The molecule has 3 aromatic rings. The van der Waals surface area contributed by atoms with Crippen LogP contribution in [0.25, 0.3) is 11.8 Å².